The van der Waals surface area contributed by atoms with Crippen molar-refractivity contribution in [1.29, 1.82) is 0 Å². The van der Waals surface area contributed by atoms with Crippen molar-refractivity contribution < 1.29 is 19.7 Å². The van der Waals surface area contributed by atoms with Gasteiger partial charge in [-0.3, -0.25) is 4.79 Å². The van der Waals surface area contributed by atoms with Crippen LogP contribution in [0.5, 0.6) is 5.75 Å². The van der Waals surface area contributed by atoms with Crippen molar-refractivity contribution in [2.45, 2.75) is 57.6 Å². The summed E-state index contributed by atoms with van der Waals surface area (Å²) in [4.78, 5) is 10.8. The molecule has 2 aromatic rings. The summed E-state index contributed by atoms with van der Waals surface area (Å²) in [5.41, 5.74) is 3.45. The fraction of sp³-hybridized carbons (Fsp3) is 0.480. The molecule has 0 unspecified atom stereocenters. The second-order valence-corrected chi connectivity index (χ2v) is 9.98. The summed E-state index contributed by atoms with van der Waals surface area (Å²) in [6, 6.07) is 12.0. The van der Waals surface area contributed by atoms with E-state index >= 15 is 0 Å². The number of carboxylic acids is 1. The molecule has 2 aromatic carbocycles. The maximum atomic E-state index is 10.8. The minimum absolute atomic E-state index is 0. The fourth-order valence-electron chi connectivity index (χ4n) is 4.35. The molecule has 0 aliphatic heterocycles. The van der Waals surface area contributed by atoms with Gasteiger partial charge >= 0.3 is 5.97 Å². The normalized spacial score (nSPS) is 14.5. The van der Waals surface area contributed by atoms with E-state index in [0.717, 1.165) is 19.3 Å². The maximum Gasteiger partial charge on any atom is 0.303 e. The average molecular weight is 517 g/mol. The van der Waals surface area contributed by atoms with Crippen LogP contribution >= 0.6 is 35.6 Å². The molecule has 0 saturated heterocycles. The van der Waals surface area contributed by atoms with Crippen molar-refractivity contribution in [2.75, 3.05) is 13.2 Å². The van der Waals surface area contributed by atoms with Gasteiger partial charge in [0.2, 0.25) is 0 Å². The number of aliphatic carboxylic acids is 1. The van der Waals surface area contributed by atoms with Crippen LogP contribution in [0.4, 0.5) is 0 Å². The van der Waals surface area contributed by atoms with Crippen molar-refractivity contribution >= 4 is 41.6 Å². The van der Waals surface area contributed by atoms with Crippen molar-refractivity contribution in [2.24, 2.45) is 5.92 Å². The SMILES string of the molecule is CC(C)(CC1Cc2ccccc2C1)NC[C@@H](O)COc1ccc(CCC(=O)O)c(Cl)c1Cl.Cl. The molecule has 33 heavy (non-hydrogen) atoms. The van der Waals surface area contributed by atoms with Gasteiger partial charge in [0, 0.05) is 18.5 Å². The summed E-state index contributed by atoms with van der Waals surface area (Å²) in [5, 5.41) is 23.2. The van der Waals surface area contributed by atoms with Gasteiger partial charge in [-0.15, -0.1) is 12.4 Å². The second-order valence-electron chi connectivity index (χ2n) is 9.22. The predicted molar refractivity (Wildman–Crippen MR) is 135 cm³/mol. The largest absolute Gasteiger partial charge is 0.489 e. The van der Waals surface area contributed by atoms with Crippen molar-refractivity contribution in [1.82, 2.24) is 5.32 Å². The third-order valence-corrected chi connectivity index (χ3v) is 6.82. The van der Waals surface area contributed by atoms with Gasteiger partial charge in [0.15, 0.2) is 0 Å². The first-order chi connectivity index (χ1) is 15.1. The van der Waals surface area contributed by atoms with Crippen molar-refractivity contribution in [3.63, 3.8) is 0 Å². The molecule has 3 N–H and O–H groups in total. The minimum atomic E-state index is -0.895. The van der Waals surface area contributed by atoms with E-state index in [0.29, 0.717) is 30.2 Å². The number of carbonyl (C=O) groups is 1. The molecule has 3 rings (SSSR count). The molecule has 8 heteroatoms. The zero-order valence-corrected chi connectivity index (χ0v) is 21.3. The molecule has 0 aromatic heterocycles. The maximum absolute atomic E-state index is 10.8. The summed E-state index contributed by atoms with van der Waals surface area (Å²) in [7, 11) is 0. The quantitative estimate of drug-likeness (QED) is 0.375. The Morgan fingerprint density at radius 1 is 1.15 bits per heavy atom. The van der Waals surface area contributed by atoms with Gasteiger partial charge in [0.05, 0.1) is 5.02 Å². The molecule has 0 saturated carbocycles. The van der Waals surface area contributed by atoms with Crippen molar-refractivity contribution in [3.8, 4) is 5.75 Å². The number of fused-ring (bicyclic) bond motifs is 1. The lowest BCUT2D eigenvalue weighted by Gasteiger charge is -2.30. The number of benzene rings is 2. The van der Waals surface area contributed by atoms with E-state index < -0.39 is 12.1 Å². The summed E-state index contributed by atoms with van der Waals surface area (Å²) in [6.45, 7) is 4.79. The standard InChI is InChI=1S/C25H31Cl2NO4.ClH/c1-25(2,13-16-11-18-5-3-4-6-19(18)12-16)28-14-20(29)15-32-21-9-7-17(8-10-22(30)31)23(26)24(21)27;/h3-7,9,16,20,28-29H,8,10-15H2,1-2H3,(H,30,31);1H/t20-;/m1./s1. The number of rotatable bonds is 11. The number of β-amino-alcohol motifs (C(OH)–C–C–N with tert-alkyl or cyclic N) is 1. The number of hydrogen-bond acceptors (Lipinski definition) is 4. The second kappa shape index (κ2) is 12.3. The minimum Gasteiger partial charge on any atom is -0.489 e. The lowest BCUT2D eigenvalue weighted by molar-refractivity contribution is -0.136. The smallest absolute Gasteiger partial charge is 0.303 e. The molecule has 5 nitrogen and oxygen atoms in total. The molecule has 0 radical (unpaired) electrons. The first kappa shape index (κ1) is 27.7. The van der Waals surface area contributed by atoms with Gasteiger partial charge in [0.1, 0.15) is 23.5 Å². The third kappa shape index (κ3) is 8.04. The molecule has 182 valence electrons. The molecular weight excluding hydrogens is 485 g/mol. The fourth-order valence-corrected chi connectivity index (χ4v) is 4.83. The van der Waals surface area contributed by atoms with Gasteiger partial charge in [-0.05, 0) is 68.2 Å². The number of carboxylic acid groups (broad SMARTS) is 1. The van der Waals surface area contributed by atoms with Crippen LogP contribution in [-0.2, 0) is 24.1 Å². The van der Waals surface area contributed by atoms with Crippen LogP contribution in [-0.4, -0.2) is 41.0 Å². The van der Waals surface area contributed by atoms with E-state index in [1.54, 1.807) is 12.1 Å². The van der Waals surface area contributed by atoms with Gasteiger partial charge in [-0.2, -0.15) is 0 Å². The lowest BCUT2D eigenvalue weighted by Crippen LogP contribution is -2.46. The third-order valence-electron chi connectivity index (χ3n) is 5.92. The highest BCUT2D eigenvalue weighted by molar-refractivity contribution is 6.43. The van der Waals surface area contributed by atoms with E-state index in [4.69, 9.17) is 33.0 Å². The number of aliphatic hydroxyl groups is 1. The van der Waals surface area contributed by atoms with E-state index in [9.17, 15) is 9.90 Å². The number of nitrogens with one attached hydrogen (secondary N) is 1. The van der Waals surface area contributed by atoms with Crippen LogP contribution in [0.15, 0.2) is 36.4 Å². The van der Waals surface area contributed by atoms with E-state index in [1.165, 1.54) is 11.1 Å². The van der Waals surface area contributed by atoms with Crippen molar-refractivity contribution in [3.05, 3.63) is 63.1 Å². The Kier molecular flexibility index (Phi) is 10.3. The molecule has 1 aliphatic carbocycles. The molecule has 0 fully saturated rings. The van der Waals surface area contributed by atoms with Crippen LogP contribution in [0.3, 0.4) is 0 Å². The van der Waals surface area contributed by atoms with E-state index in [-0.39, 0.29) is 41.0 Å². The zero-order chi connectivity index (χ0) is 23.3. The summed E-state index contributed by atoms with van der Waals surface area (Å²) < 4.78 is 5.68. The molecule has 0 heterocycles. The topological polar surface area (TPSA) is 78.8 Å². The molecule has 0 amide bonds. The average Bonchev–Trinajstić information content (AvgIpc) is 3.14. The van der Waals surface area contributed by atoms with Crippen LogP contribution in [0, 0.1) is 5.92 Å². The first-order valence-corrected chi connectivity index (χ1v) is 11.7. The molecule has 1 atom stereocenters. The summed E-state index contributed by atoms with van der Waals surface area (Å²) in [6.07, 6.45) is 2.79. The van der Waals surface area contributed by atoms with Crippen LogP contribution in [0.25, 0.3) is 0 Å². The molecule has 0 spiro atoms. The molecular formula is C25H32Cl3NO4. The van der Waals surface area contributed by atoms with Gasteiger partial charge in [0.25, 0.3) is 0 Å². The van der Waals surface area contributed by atoms with Crippen LogP contribution in [0.2, 0.25) is 10.0 Å². The Bertz CT molecular complexity index is 926. The molecule has 0 bridgehead atoms. The summed E-state index contributed by atoms with van der Waals surface area (Å²) in [5.74, 6) is 0.0789. The highest BCUT2D eigenvalue weighted by atomic mass is 35.5. The number of ether oxygens (including phenoxy) is 1. The number of halogens is 3. The van der Waals surface area contributed by atoms with Gasteiger partial charge in [-0.1, -0.05) is 53.5 Å². The highest BCUT2D eigenvalue weighted by Gasteiger charge is 2.28. The Morgan fingerprint density at radius 2 is 1.79 bits per heavy atom. The monoisotopic (exact) mass is 515 g/mol. The molecule has 1 aliphatic rings. The Morgan fingerprint density at radius 3 is 2.39 bits per heavy atom. The van der Waals surface area contributed by atoms with E-state index in [2.05, 4.69) is 43.4 Å². The summed E-state index contributed by atoms with van der Waals surface area (Å²) >= 11 is 12.5. The Hall–Kier alpha value is -1.50. The first-order valence-electron chi connectivity index (χ1n) is 11.0. The van der Waals surface area contributed by atoms with Gasteiger partial charge in [-0.25, -0.2) is 0 Å². The van der Waals surface area contributed by atoms with Crippen LogP contribution in [0.1, 0.15) is 43.4 Å². The number of hydrogen-bond donors (Lipinski definition) is 3. The number of aryl methyl sites for hydroxylation is 1. The zero-order valence-electron chi connectivity index (χ0n) is 18.9. The number of aliphatic hydroxyl groups excluding tert-OH is 1. The Balaban J connectivity index is 0.00000385. The highest BCUT2D eigenvalue weighted by Crippen LogP contribution is 2.35. The predicted octanol–water partition coefficient (Wildman–Crippen LogP) is 5.35. The lowest BCUT2D eigenvalue weighted by atomic mass is 9.88. The Labute approximate surface area is 211 Å². The van der Waals surface area contributed by atoms with Crippen LogP contribution < -0.4 is 10.1 Å². The van der Waals surface area contributed by atoms with Gasteiger partial charge < -0.3 is 20.3 Å². The van der Waals surface area contributed by atoms with E-state index in [1.807, 2.05) is 0 Å².